The van der Waals surface area contributed by atoms with Crippen LogP contribution in [0.5, 0.6) is 0 Å². The number of nitrogens with one attached hydrogen (secondary N) is 4. The molecule has 0 unspecified atom stereocenters. The SMILES string of the molecule is CC(C)(C)OC(=O)N[C@@H](Cc1c[nH]c2ccccc12)C(=O)NNC(=O)OCc1ccccc1. The zero-order chi connectivity index (χ0) is 23.8. The number of rotatable bonds is 6. The summed E-state index contributed by atoms with van der Waals surface area (Å²) in [5.41, 5.74) is 6.33. The number of hydrogen-bond donors (Lipinski definition) is 4. The fourth-order valence-electron chi connectivity index (χ4n) is 3.14. The van der Waals surface area contributed by atoms with Crippen molar-refractivity contribution in [2.24, 2.45) is 0 Å². The molecule has 3 rings (SSSR count). The van der Waals surface area contributed by atoms with Gasteiger partial charge in [-0.15, -0.1) is 0 Å². The summed E-state index contributed by atoms with van der Waals surface area (Å²) in [6, 6.07) is 15.8. The number of aromatic amines is 1. The molecule has 0 radical (unpaired) electrons. The number of fused-ring (bicyclic) bond motifs is 1. The number of carbonyl (C=O) groups is 3. The minimum absolute atomic E-state index is 0.0530. The van der Waals surface area contributed by atoms with E-state index in [9.17, 15) is 14.4 Å². The Morgan fingerprint density at radius 2 is 1.64 bits per heavy atom. The zero-order valence-electron chi connectivity index (χ0n) is 18.8. The van der Waals surface area contributed by atoms with E-state index in [4.69, 9.17) is 9.47 Å². The Hall–Kier alpha value is -4.01. The highest BCUT2D eigenvalue weighted by atomic mass is 16.6. The van der Waals surface area contributed by atoms with Gasteiger partial charge in [0.05, 0.1) is 0 Å². The average molecular weight is 453 g/mol. The van der Waals surface area contributed by atoms with E-state index in [0.29, 0.717) is 0 Å². The second kappa shape index (κ2) is 10.5. The molecule has 174 valence electrons. The number of ether oxygens (including phenoxy) is 2. The molecule has 4 N–H and O–H groups in total. The van der Waals surface area contributed by atoms with Gasteiger partial charge in [0.1, 0.15) is 18.2 Å². The average Bonchev–Trinajstić information content (AvgIpc) is 3.18. The van der Waals surface area contributed by atoms with Crippen LogP contribution in [0.15, 0.2) is 60.8 Å². The summed E-state index contributed by atoms with van der Waals surface area (Å²) < 4.78 is 10.4. The molecule has 1 atom stereocenters. The van der Waals surface area contributed by atoms with Gasteiger partial charge >= 0.3 is 12.2 Å². The molecule has 0 aliphatic carbocycles. The van der Waals surface area contributed by atoms with Crippen molar-refractivity contribution in [3.05, 3.63) is 71.9 Å². The van der Waals surface area contributed by atoms with Gasteiger partial charge in [-0.3, -0.25) is 10.2 Å². The van der Waals surface area contributed by atoms with Gasteiger partial charge in [0.25, 0.3) is 5.91 Å². The molecule has 33 heavy (non-hydrogen) atoms. The molecule has 2 aromatic carbocycles. The lowest BCUT2D eigenvalue weighted by Crippen LogP contribution is -2.53. The normalized spacial score (nSPS) is 12.0. The van der Waals surface area contributed by atoms with E-state index in [1.165, 1.54) is 0 Å². The van der Waals surface area contributed by atoms with Gasteiger partial charge in [-0.1, -0.05) is 48.5 Å². The highest BCUT2D eigenvalue weighted by Gasteiger charge is 2.26. The number of alkyl carbamates (subject to hydrolysis) is 1. The third-order valence-corrected chi connectivity index (χ3v) is 4.61. The molecule has 3 aromatic rings. The topological polar surface area (TPSA) is 122 Å². The number of benzene rings is 2. The standard InChI is InChI=1S/C24H28N4O5/c1-24(2,3)33-22(30)26-20(13-17-14-25-19-12-8-7-11-18(17)19)21(29)27-28-23(31)32-15-16-9-5-4-6-10-16/h4-12,14,20,25H,13,15H2,1-3H3,(H,26,30)(H,27,29)(H,28,31)/t20-/m0/s1. The van der Waals surface area contributed by atoms with Gasteiger partial charge in [0, 0.05) is 23.5 Å². The van der Waals surface area contributed by atoms with Crippen LogP contribution in [-0.2, 0) is 27.3 Å². The number of amides is 3. The number of H-pyrrole nitrogens is 1. The molecule has 0 fully saturated rings. The Kier molecular flexibility index (Phi) is 7.55. The molecule has 0 spiro atoms. The first-order chi connectivity index (χ1) is 15.7. The molecular formula is C24H28N4O5. The maximum absolute atomic E-state index is 12.8. The Morgan fingerprint density at radius 3 is 2.36 bits per heavy atom. The Labute approximate surface area is 191 Å². The minimum Gasteiger partial charge on any atom is -0.444 e. The van der Waals surface area contributed by atoms with Crippen LogP contribution in [0.4, 0.5) is 9.59 Å². The van der Waals surface area contributed by atoms with Gasteiger partial charge in [0.15, 0.2) is 0 Å². The zero-order valence-corrected chi connectivity index (χ0v) is 18.8. The second-order valence-electron chi connectivity index (χ2n) is 8.44. The molecule has 1 heterocycles. The molecule has 0 saturated heterocycles. The monoisotopic (exact) mass is 452 g/mol. The highest BCUT2D eigenvalue weighted by Crippen LogP contribution is 2.19. The molecule has 3 amide bonds. The molecule has 0 aliphatic rings. The van der Waals surface area contributed by atoms with Crippen molar-refractivity contribution < 1.29 is 23.9 Å². The van der Waals surface area contributed by atoms with Crippen LogP contribution in [0.1, 0.15) is 31.9 Å². The van der Waals surface area contributed by atoms with Gasteiger partial charge in [-0.2, -0.15) is 0 Å². The van der Waals surface area contributed by atoms with Gasteiger partial charge in [0.2, 0.25) is 0 Å². The first-order valence-corrected chi connectivity index (χ1v) is 10.5. The van der Waals surface area contributed by atoms with E-state index in [1.807, 2.05) is 54.6 Å². The number of para-hydroxylation sites is 1. The number of carbonyl (C=O) groups excluding carboxylic acids is 3. The van der Waals surface area contributed by atoms with Crippen molar-refractivity contribution in [1.82, 2.24) is 21.2 Å². The lowest BCUT2D eigenvalue weighted by atomic mass is 10.0. The molecule has 0 bridgehead atoms. The third kappa shape index (κ3) is 7.27. The van der Waals surface area contributed by atoms with Gasteiger partial charge in [-0.25, -0.2) is 15.0 Å². The van der Waals surface area contributed by atoms with Crippen molar-refractivity contribution >= 4 is 29.0 Å². The summed E-state index contributed by atoms with van der Waals surface area (Å²) in [5.74, 6) is -0.622. The van der Waals surface area contributed by atoms with E-state index in [1.54, 1.807) is 27.0 Å². The third-order valence-electron chi connectivity index (χ3n) is 4.61. The Balaban J connectivity index is 1.63. The van der Waals surface area contributed by atoms with Gasteiger partial charge in [-0.05, 0) is 38.0 Å². The van der Waals surface area contributed by atoms with Crippen LogP contribution in [0.2, 0.25) is 0 Å². The van der Waals surface area contributed by atoms with Crippen LogP contribution in [0.3, 0.4) is 0 Å². The van der Waals surface area contributed by atoms with E-state index in [-0.39, 0.29) is 13.0 Å². The van der Waals surface area contributed by atoms with Gasteiger partial charge < -0.3 is 19.8 Å². The van der Waals surface area contributed by atoms with Crippen molar-refractivity contribution in [2.45, 2.75) is 45.4 Å². The van der Waals surface area contributed by atoms with Crippen LogP contribution in [0.25, 0.3) is 10.9 Å². The maximum atomic E-state index is 12.8. The molecule has 0 saturated carbocycles. The fraction of sp³-hybridized carbons (Fsp3) is 0.292. The minimum atomic E-state index is -1.01. The maximum Gasteiger partial charge on any atom is 0.426 e. The first-order valence-electron chi connectivity index (χ1n) is 10.5. The number of hydrazine groups is 1. The van der Waals surface area contributed by atoms with Crippen molar-refractivity contribution in [2.75, 3.05) is 0 Å². The summed E-state index contributed by atoms with van der Waals surface area (Å²) in [5, 5.41) is 3.51. The second-order valence-corrected chi connectivity index (χ2v) is 8.44. The molecular weight excluding hydrogens is 424 g/mol. The summed E-state index contributed by atoms with van der Waals surface area (Å²) in [6.45, 7) is 5.24. The van der Waals surface area contributed by atoms with Crippen LogP contribution in [-0.4, -0.2) is 34.7 Å². The van der Waals surface area contributed by atoms with Crippen molar-refractivity contribution in [1.29, 1.82) is 0 Å². The molecule has 9 nitrogen and oxygen atoms in total. The molecule has 1 aromatic heterocycles. The Bertz CT molecular complexity index is 1100. The largest absolute Gasteiger partial charge is 0.444 e. The van der Waals surface area contributed by atoms with Crippen LogP contribution in [0, 0.1) is 0 Å². The molecule has 9 heteroatoms. The summed E-state index contributed by atoms with van der Waals surface area (Å²) >= 11 is 0. The predicted molar refractivity (Wildman–Crippen MR) is 123 cm³/mol. The van der Waals surface area contributed by atoms with Crippen LogP contribution < -0.4 is 16.2 Å². The summed E-state index contributed by atoms with van der Waals surface area (Å²) in [6.07, 6.45) is 0.392. The lowest BCUT2D eigenvalue weighted by molar-refractivity contribution is -0.124. The molecule has 0 aliphatic heterocycles. The van der Waals surface area contributed by atoms with Crippen LogP contribution >= 0.6 is 0 Å². The first kappa shape index (κ1) is 23.6. The van der Waals surface area contributed by atoms with E-state index >= 15 is 0 Å². The van der Waals surface area contributed by atoms with Crippen molar-refractivity contribution in [3.8, 4) is 0 Å². The summed E-state index contributed by atoms with van der Waals surface area (Å²) in [7, 11) is 0. The van der Waals surface area contributed by atoms with Crippen molar-refractivity contribution in [3.63, 3.8) is 0 Å². The number of aromatic nitrogens is 1. The fourth-order valence-corrected chi connectivity index (χ4v) is 3.14. The summed E-state index contributed by atoms with van der Waals surface area (Å²) in [4.78, 5) is 40.3. The lowest BCUT2D eigenvalue weighted by Gasteiger charge is -2.23. The van der Waals surface area contributed by atoms with E-state index in [2.05, 4.69) is 21.2 Å². The highest BCUT2D eigenvalue weighted by molar-refractivity contribution is 5.89. The predicted octanol–water partition coefficient (Wildman–Crippen LogP) is 3.56. The number of hydrogen-bond acceptors (Lipinski definition) is 5. The Morgan fingerprint density at radius 1 is 0.939 bits per heavy atom. The quantitative estimate of drug-likeness (QED) is 0.426. The smallest absolute Gasteiger partial charge is 0.426 e. The van der Waals surface area contributed by atoms with E-state index < -0.39 is 29.7 Å². The van der Waals surface area contributed by atoms with E-state index in [0.717, 1.165) is 22.0 Å².